The maximum atomic E-state index is 13.8. The monoisotopic (exact) mass is 624 g/mol. The largest absolute Gasteiger partial charge is 0.481 e. The van der Waals surface area contributed by atoms with Crippen LogP contribution in [0.3, 0.4) is 0 Å². The molecule has 12 heteroatoms. The van der Waals surface area contributed by atoms with Gasteiger partial charge in [0, 0.05) is 32.1 Å². The summed E-state index contributed by atoms with van der Waals surface area (Å²) < 4.78 is 13.3. The molecule has 11 nitrogen and oxygen atoms in total. The molecule has 0 radical (unpaired) electrons. The Labute approximate surface area is 268 Å². The third-order valence-corrected chi connectivity index (χ3v) is 10.1. The second kappa shape index (κ2) is 15.0. The van der Waals surface area contributed by atoms with E-state index < -0.39 is 13.2 Å². The minimum absolute atomic E-state index is 0.00833. The molecule has 3 saturated carbocycles. The number of guanidine groups is 1. The highest BCUT2D eigenvalue weighted by Crippen LogP contribution is 2.65. The number of hydrogen-bond acceptors (Lipinski definition) is 6. The molecule has 3 amide bonds. The van der Waals surface area contributed by atoms with E-state index >= 15 is 0 Å². The van der Waals surface area contributed by atoms with Crippen molar-refractivity contribution in [1.82, 2.24) is 21.3 Å². The molecule has 6 N–H and O–H groups in total. The molecule has 1 heterocycles. The van der Waals surface area contributed by atoms with Crippen molar-refractivity contribution in [3.05, 3.63) is 30.3 Å². The molecule has 45 heavy (non-hydrogen) atoms. The molecule has 248 valence electrons. The molecule has 1 aliphatic heterocycles. The second-order valence-corrected chi connectivity index (χ2v) is 14.2. The number of rotatable bonds is 15. The van der Waals surface area contributed by atoms with Gasteiger partial charge in [-0.2, -0.15) is 0 Å². The van der Waals surface area contributed by atoms with Crippen LogP contribution in [0.2, 0.25) is 0 Å². The normalized spacial score (nSPS) is 25.8. The van der Waals surface area contributed by atoms with Gasteiger partial charge in [-0.05, 0) is 80.8 Å². The number of hydrogen-bond donors (Lipinski definition) is 6. The minimum atomic E-state index is -0.776. The summed E-state index contributed by atoms with van der Waals surface area (Å²) in [6.07, 6.45) is 4.42. The van der Waals surface area contributed by atoms with Crippen LogP contribution in [0, 0.1) is 28.6 Å². The van der Waals surface area contributed by atoms with Gasteiger partial charge in [0.15, 0.2) is 5.96 Å². The van der Waals surface area contributed by atoms with Crippen LogP contribution in [0.4, 0.5) is 5.69 Å². The lowest BCUT2D eigenvalue weighted by Gasteiger charge is -2.64. The molecule has 0 spiro atoms. The molecule has 3 aliphatic carbocycles. The van der Waals surface area contributed by atoms with Crippen molar-refractivity contribution in [2.45, 2.75) is 110 Å². The molecule has 0 unspecified atom stereocenters. The van der Waals surface area contributed by atoms with E-state index in [1.54, 1.807) is 7.05 Å². The summed E-state index contributed by atoms with van der Waals surface area (Å²) in [4.78, 5) is 39.1. The van der Waals surface area contributed by atoms with Crippen molar-refractivity contribution in [3.63, 3.8) is 0 Å². The van der Waals surface area contributed by atoms with E-state index in [2.05, 4.69) is 61.2 Å². The Morgan fingerprint density at radius 3 is 2.40 bits per heavy atom. The summed E-state index contributed by atoms with van der Waals surface area (Å²) >= 11 is 0. The van der Waals surface area contributed by atoms with Crippen molar-refractivity contribution in [2.24, 2.45) is 23.2 Å². The summed E-state index contributed by atoms with van der Waals surface area (Å²) in [5, 5.41) is 22.4. The van der Waals surface area contributed by atoms with Crippen molar-refractivity contribution in [1.29, 1.82) is 5.41 Å². The number of amides is 3. The molecule has 5 rings (SSSR count). The average molecular weight is 625 g/mol. The zero-order valence-corrected chi connectivity index (χ0v) is 27.8. The molecule has 1 aromatic rings. The predicted molar refractivity (Wildman–Crippen MR) is 176 cm³/mol. The van der Waals surface area contributed by atoms with Gasteiger partial charge in [0.05, 0.1) is 17.6 Å². The van der Waals surface area contributed by atoms with Gasteiger partial charge < -0.3 is 35.9 Å². The topological polar surface area (TPSA) is 154 Å². The van der Waals surface area contributed by atoms with Gasteiger partial charge in [-0.3, -0.25) is 19.8 Å². The quantitative estimate of drug-likeness (QED) is 0.0755. The Balaban J connectivity index is 1.36. The Hall–Kier alpha value is -3.12. The smallest absolute Gasteiger partial charge is 0.404 e. The summed E-state index contributed by atoms with van der Waals surface area (Å²) in [5.74, 6) is 0.431. The van der Waals surface area contributed by atoms with E-state index in [-0.39, 0.29) is 65.5 Å². The first-order valence-corrected chi connectivity index (χ1v) is 16.6. The predicted octanol–water partition coefficient (Wildman–Crippen LogP) is 3.60. The Morgan fingerprint density at radius 1 is 1.02 bits per heavy atom. The van der Waals surface area contributed by atoms with Gasteiger partial charge in [0.25, 0.3) is 0 Å². The van der Waals surface area contributed by atoms with E-state index in [0.29, 0.717) is 49.8 Å². The zero-order valence-electron chi connectivity index (χ0n) is 27.8. The first-order chi connectivity index (χ1) is 21.3. The molecule has 1 aromatic carbocycles. The maximum absolute atomic E-state index is 13.8. The molecule has 6 atom stereocenters. The van der Waals surface area contributed by atoms with Crippen molar-refractivity contribution >= 4 is 36.5 Å². The average Bonchev–Trinajstić information content (AvgIpc) is 3.35. The van der Waals surface area contributed by atoms with E-state index in [0.717, 1.165) is 12.8 Å². The maximum Gasteiger partial charge on any atom is 0.481 e. The van der Waals surface area contributed by atoms with Crippen LogP contribution in [-0.4, -0.2) is 68.1 Å². The lowest BCUT2D eigenvalue weighted by atomic mass is 9.43. The third kappa shape index (κ3) is 8.58. The molecule has 2 bridgehead atoms. The lowest BCUT2D eigenvalue weighted by molar-refractivity contribution is -0.199. The minimum Gasteiger partial charge on any atom is -0.404 e. The molecular formula is C33H53BN6O5. The summed E-state index contributed by atoms with van der Waals surface area (Å²) in [5.41, 5.74) is 0.547. The van der Waals surface area contributed by atoms with Crippen LogP contribution < -0.4 is 26.6 Å². The second-order valence-electron chi connectivity index (χ2n) is 14.2. The standard InChI is InChI=1S/C33H53BN6O5/c1-21(2)18-27(34-44-26-20-22-19-25(32(22,3)4)33(26,5)45-34)40-30(43)24(14-11-17-37-31(35)36-6)39-29(42)16-10-15-28(41)38-23-12-8-7-9-13-23/h7-9,12-13,21-22,24-27H,10-11,14-20H2,1-6H3,(H,38,41)(H,39,42)(H,40,43)(H3,35,36,37)/t22-,24-,25-,26+,27-,33-/m0/s1. The lowest BCUT2D eigenvalue weighted by Crippen LogP contribution is -2.65. The van der Waals surface area contributed by atoms with Crippen molar-refractivity contribution in [2.75, 3.05) is 18.9 Å². The third-order valence-electron chi connectivity index (χ3n) is 10.1. The fraction of sp³-hybridized carbons (Fsp3) is 0.697. The van der Waals surface area contributed by atoms with Crippen molar-refractivity contribution in [3.8, 4) is 0 Å². The van der Waals surface area contributed by atoms with Crippen LogP contribution in [-0.2, 0) is 23.7 Å². The van der Waals surface area contributed by atoms with Crippen LogP contribution >= 0.6 is 0 Å². The van der Waals surface area contributed by atoms with Gasteiger partial charge in [-0.15, -0.1) is 0 Å². The first-order valence-electron chi connectivity index (χ1n) is 16.6. The van der Waals surface area contributed by atoms with Gasteiger partial charge >= 0.3 is 7.12 Å². The highest BCUT2D eigenvalue weighted by molar-refractivity contribution is 6.48. The van der Waals surface area contributed by atoms with Crippen LogP contribution in [0.25, 0.3) is 0 Å². The Morgan fingerprint density at radius 2 is 1.73 bits per heavy atom. The van der Waals surface area contributed by atoms with Gasteiger partial charge in [-0.25, -0.2) is 0 Å². The summed E-state index contributed by atoms with van der Waals surface area (Å²) in [7, 11) is 1.10. The number of carbonyl (C=O) groups excluding carboxylic acids is 3. The molecule has 4 aliphatic rings. The summed E-state index contributed by atoms with van der Waals surface area (Å²) in [6, 6.07) is 8.42. The highest BCUT2D eigenvalue weighted by Gasteiger charge is 2.68. The van der Waals surface area contributed by atoms with Crippen LogP contribution in [0.1, 0.15) is 86.0 Å². The Bertz CT molecular complexity index is 1200. The Kier molecular flexibility index (Phi) is 11.6. The highest BCUT2D eigenvalue weighted by atomic mass is 16.7. The zero-order chi connectivity index (χ0) is 32.8. The van der Waals surface area contributed by atoms with Gasteiger partial charge in [0.1, 0.15) is 6.04 Å². The fourth-order valence-electron chi connectivity index (χ4n) is 7.40. The molecule has 0 aromatic heterocycles. The molecule has 1 saturated heterocycles. The number of benzene rings is 1. The number of anilines is 1. The van der Waals surface area contributed by atoms with Gasteiger partial charge in [-0.1, -0.05) is 45.9 Å². The van der Waals surface area contributed by atoms with Crippen molar-refractivity contribution < 1.29 is 23.7 Å². The van der Waals surface area contributed by atoms with E-state index in [4.69, 9.17) is 14.7 Å². The number of para-hydroxylation sites is 1. The van der Waals surface area contributed by atoms with E-state index in [1.807, 2.05) is 30.3 Å². The number of carbonyl (C=O) groups is 3. The first kappa shape index (κ1) is 34.8. The molecular weight excluding hydrogens is 571 g/mol. The van der Waals surface area contributed by atoms with Crippen LogP contribution in [0.5, 0.6) is 0 Å². The number of nitrogens with one attached hydrogen (secondary N) is 6. The summed E-state index contributed by atoms with van der Waals surface area (Å²) in [6.45, 7) is 11.5. The van der Waals surface area contributed by atoms with E-state index in [9.17, 15) is 14.4 Å². The SMILES string of the molecule is CNC(=N)NCCC[C@H](NC(=O)CCCC(=O)Nc1ccccc1)C(=O)N[C@@H](CC(C)C)B1O[C@@H]2C[C@@H]3C[C@@H](C3(C)C)[C@]2(C)O1. The van der Waals surface area contributed by atoms with Gasteiger partial charge in [0.2, 0.25) is 17.7 Å². The van der Waals surface area contributed by atoms with E-state index in [1.165, 1.54) is 0 Å². The van der Waals surface area contributed by atoms with Crippen LogP contribution in [0.15, 0.2) is 30.3 Å². The fourth-order valence-corrected chi connectivity index (χ4v) is 7.40. The molecule has 4 fully saturated rings.